The van der Waals surface area contributed by atoms with E-state index in [1.54, 1.807) is 6.92 Å². The molecule has 1 N–H and O–H groups in total. The molecule has 0 fully saturated rings. The Kier molecular flexibility index (Phi) is 7.26. The highest BCUT2D eigenvalue weighted by atomic mass is 35.5. The number of carbonyl (C=O) groups is 1. The molecule has 0 atom stereocenters. The molecule has 0 aliphatic carbocycles. The molecule has 0 spiro atoms. The van der Waals surface area contributed by atoms with Crippen molar-refractivity contribution in [2.24, 2.45) is 0 Å². The van der Waals surface area contributed by atoms with Gasteiger partial charge >= 0.3 is 5.97 Å². The number of unbranched alkanes of at least 4 members (excludes halogenated alkanes) is 2. The standard InChI is InChI=1S/C14H19ClFNO2/c1-2-19-14(18)6-4-3-5-9-17-13-10-11(16)7-8-12(13)15/h7-8,10,17H,2-6,9H2,1H3. The van der Waals surface area contributed by atoms with Crippen LogP contribution in [0.4, 0.5) is 10.1 Å². The number of carbonyl (C=O) groups excluding carboxylic acids is 1. The van der Waals surface area contributed by atoms with Gasteiger partial charge in [0.25, 0.3) is 0 Å². The molecule has 1 aromatic carbocycles. The second-order valence-electron chi connectivity index (χ2n) is 4.17. The Morgan fingerprint density at radius 3 is 2.89 bits per heavy atom. The molecule has 0 bridgehead atoms. The third kappa shape index (κ3) is 6.43. The lowest BCUT2D eigenvalue weighted by Gasteiger charge is -2.08. The predicted octanol–water partition coefficient (Wildman–Crippen LogP) is 4.01. The minimum absolute atomic E-state index is 0.149. The van der Waals surface area contributed by atoms with E-state index in [1.165, 1.54) is 18.2 Å². The van der Waals surface area contributed by atoms with Crippen molar-refractivity contribution in [2.45, 2.75) is 32.6 Å². The van der Waals surface area contributed by atoms with E-state index in [0.29, 0.717) is 30.3 Å². The maximum Gasteiger partial charge on any atom is 0.305 e. The Morgan fingerprint density at radius 1 is 1.37 bits per heavy atom. The van der Waals surface area contributed by atoms with E-state index in [2.05, 4.69) is 5.32 Å². The van der Waals surface area contributed by atoms with E-state index >= 15 is 0 Å². The van der Waals surface area contributed by atoms with E-state index < -0.39 is 0 Å². The molecule has 0 saturated carbocycles. The summed E-state index contributed by atoms with van der Waals surface area (Å²) >= 11 is 5.92. The molecule has 0 unspecified atom stereocenters. The van der Waals surface area contributed by atoms with Crippen molar-refractivity contribution in [2.75, 3.05) is 18.5 Å². The smallest absolute Gasteiger partial charge is 0.305 e. The zero-order valence-electron chi connectivity index (χ0n) is 11.0. The monoisotopic (exact) mass is 287 g/mol. The van der Waals surface area contributed by atoms with Crippen LogP contribution in [0.2, 0.25) is 5.02 Å². The Bertz CT molecular complexity index is 412. The maximum atomic E-state index is 13.0. The Balaban J connectivity index is 2.14. The number of hydrogen-bond donors (Lipinski definition) is 1. The summed E-state index contributed by atoms with van der Waals surface area (Å²) in [6.45, 7) is 2.93. The van der Waals surface area contributed by atoms with Crippen LogP contribution in [0, 0.1) is 5.82 Å². The van der Waals surface area contributed by atoms with Crippen LogP contribution in [0.15, 0.2) is 18.2 Å². The van der Waals surface area contributed by atoms with E-state index in [9.17, 15) is 9.18 Å². The van der Waals surface area contributed by atoms with Crippen molar-refractivity contribution in [3.63, 3.8) is 0 Å². The van der Waals surface area contributed by atoms with Crippen LogP contribution in [-0.4, -0.2) is 19.1 Å². The quantitative estimate of drug-likeness (QED) is 0.580. The van der Waals surface area contributed by atoms with Crippen molar-refractivity contribution >= 4 is 23.3 Å². The number of nitrogens with one attached hydrogen (secondary N) is 1. The fraction of sp³-hybridized carbons (Fsp3) is 0.500. The highest BCUT2D eigenvalue weighted by molar-refractivity contribution is 6.33. The van der Waals surface area contributed by atoms with Gasteiger partial charge in [-0.05, 0) is 38.0 Å². The number of anilines is 1. The highest BCUT2D eigenvalue weighted by Gasteiger charge is 2.02. The van der Waals surface area contributed by atoms with Crippen molar-refractivity contribution in [1.82, 2.24) is 0 Å². The summed E-state index contributed by atoms with van der Waals surface area (Å²) in [7, 11) is 0. The van der Waals surface area contributed by atoms with Gasteiger partial charge in [-0.1, -0.05) is 18.0 Å². The van der Waals surface area contributed by atoms with Crippen LogP contribution in [0.3, 0.4) is 0 Å². The summed E-state index contributed by atoms with van der Waals surface area (Å²) in [5.41, 5.74) is 0.604. The Labute approximate surface area is 118 Å². The molecule has 0 heterocycles. The molecule has 0 amide bonds. The Hall–Kier alpha value is -1.29. The summed E-state index contributed by atoms with van der Waals surface area (Å²) in [5, 5.41) is 3.59. The molecule has 1 aromatic rings. The van der Waals surface area contributed by atoms with Crippen LogP contribution < -0.4 is 5.32 Å². The number of benzene rings is 1. The van der Waals surface area contributed by atoms with Crippen molar-refractivity contribution in [3.05, 3.63) is 29.0 Å². The van der Waals surface area contributed by atoms with Gasteiger partial charge in [-0.3, -0.25) is 4.79 Å². The van der Waals surface area contributed by atoms with Crippen LogP contribution in [0.25, 0.3) is 0 Å². The van der Waals surface area contributed by atoms with Crippen molar-refractivity contribution < 1.29 is 13.9 Å². The summed E-state index contributed by atoms with van der Waals surface area (Å²) in [6.07, 6.45) is 3.07. The van der Waals surface area contributed by atoms with Gasteiger partial charge in [-0.15, -0.1) is 0 Å². The fourth-order valence-corrected chi connectivity index (χ4v) is 1.84. The molecule has 106 valence electrons. The molecule has 0 saturated heterocycles. The van der Waals surface area contributed by atoms with Gasteiger partial charge in [0.1, 0.15) is 5.82 Å². The van der Waals surface area contributed by atoms with Gasteiger partial charge < -0.3 is 10.1 Å². The fourth-order valence-electron chi connectivity index (χ4n) is 1.66. The molecule has 5 heteroatoms. The first kappa shape index (κ1) is 15.8. The first-order chi connectivity index (χ1) is 9.13. The summed E-state index contributed by atoms with van der Waals surface area (Å²) in [6, 6.07) is 4.23. The average molecular weight is 288 g/mol. The first-order valence-electron chi connectivity index (χ1n) is 6.48. The topological polar surface area (TPSA) is 38.3 Å². The molecular weight excluding hydrogens is 269 g/mol. The lowest BCUT2D eigenvalue weighted by Crippen LogP contribution is -2.05. The van der Waals surface area contributed by atoms with Gasteiger partial charge in [0.15, 0.2) is 0 Å². The van der Waals surface area contributed by atoms with E-state index in [-0.39, 0.29) is 11.8 Å². The minimum Gasteiger partial charge on any atom is -0.466 e. The number of ether oxygens (including phenoxy) is 1. The second kappa shape index (κ2) is 8.75. The molecule has 0 aliphatic heterocycles. The van der Waals surface area contributed by atoms with Crippen LogP contribution in [-0.2, 0) is 9.53 Å². The molecular formula is C14H19ClFNO2. The summed E-state index contributed by atoms with van der Waals surface area (Å²) in [5.74, 6) is -0.460. The van der Waals surface area contributed by atoms with Crippen molar-refractivity contribution in [1.29, 1.82) is 0 Å². The average Bonchev–Trinajstić information content (AvgIpc) is 2.38. The molecule has 1 rings (SSSR count). The van der Waals surface area contributed by atoms with Crippen LogP contribution in [0.5, 0.6) is 0 Å². The SMILES string of the molecule is CCOC(=O)CCCCCNc1cc(F)ccc1Cl. The van der Waals surface area contributed by atoms with Crippen LogP contribution >= 0.6 is 11.6 Å². The number of esters is 1. The largest absolute Gasteiger partial charge is 0.466 e. The van der Waals surface area contributed by atoms with Gasteiger partial charge in [0.2, 0.25) is 0 Å². The van der Waals surface area contributed by atoms with Gasteiger partial charge in [-0.25, -0.2) is 4.39 Å². The van der Waals surface area contributed by atoms with E-state index in [0.717, 1.165) is 19.3 Å². The van der Waals surface area contributed by atoms with Crippen LogP contribution in [0.1, 0.15) is 32.6 Å². The number of hydrogen-bond acceptors (Lipinski definition) is 3. The van der Waals surface area contributed by atoms with E-state index in [4.69, 9.17) is 16.3 Å². The molecule has 0 aliphatic rings. The van der Waals surface area contributed by atoms with E-state index in [1.807, 2.05) is 0 Å². The third-order valence-corrected chi connectivity index (χ3v) is 2.94. The molecule has 0 radical (unpaired) electrons. The first-order valence-corrected chi connectivity index (χ1v) is 6.86. The molecule has 3 nitrogen and oxygen atoms in total. The molecule has 19 heavy (non-hydrogen) atoms. The number of rotatable bonds is 8. The lowest BCUT2D eigenvalue weighted by molar-refractivity contribution is -0.143. The number of halogens is 2. The highest BCUT2D eigenvalue weighted by Crippen LogP contribution is 2.22. The maximum absolute atomic E-state index is 13.0. The summed E-state index contributed by atoms with van der Waals surface area (Å²) in [4.78, 5) is 11.1. The lowest BCUT2D eigenvalue weighted by atomic mass is 10.2. The van der Waals surface area contributed by atoms with Gasteiger partial charge in [0, 0.05) is 13.0 Å². The van der Waals surface area contributed by atoms with Gasteiger partial charge in [-0.2, -0.15) is 0 Å². The predicted molar refractivity (Wildman–Crippen MR) is 75.0 cm³/mol. The van der Waals surface area contributed by atoms with Gasteiger partial charge in [0.05, 0.1) is 17.3 Å². The third-order valence-electron chi connectivity index (χ3n) is 2.61. The van der Waals surface area contributed by atoms with Crippen molar-refractivity contribution in [3.8, 4) is 0 Å². The summed E-state index contributed by atoms with van der Waals surface area (Å²) < 4.78 is 17.8. The Morgan fingerprint density at radius 2 is 2.16 bits per heavy atom. The molecule has 0 aromatic heterocycles. The zero-order valence-corrected chi connectivity index (χ0v) is 11.8. The minimum atomic E-state index is -0.311. The second-order valence-corrected chi connectivity index (χ2v) is 4.57. The zero-order chi connectivity index (χ0) is 14.1. The normalized spacial score (nSPS) is 10.3.